The first-order valence-electron chi connectivity index (χ1n) is 11.2. The van der Waals surface area contributed by atoms with E-state index in [1.54, 1.807) is 13.4 Å². The molecule has 32 heavy (non-hydrogen) atoms. The minimum atomic E-state index is 0. The number of halogens is 1. The third-order valence-electron chi connectivity index (χ3n) is 6.06. The van der Waals surface area contributed by atoms with Gasteiger partial charge >= 0.3 is 0 Å². The highest BCUT2D eigenvalue weighted by Gasteiger charge is 2.23. The molecule has 1 aromatic carbocycles. The molecule has 8 nitrogen and oxygen atoms in total. The molecule has 0 amide bonds. The van der Waals surface area contributed by atoms with Crippen LogP contribution >= 0.6 is 24.0 Å². The summed E-state index contributed by atoms with van der Waals surface area (Å²) >= 11 is 0. The molecule has 1 N–H and O–H groups in total. The molecule has 2 heterocycles. The van der Waals surface area contributed by atoms with Gasteiger partial charge in [0, 0.05) is 57.9 Å². The molecule has 0 bridgehead atoms. The van der Waals surface area contributed by atoms with Gasteiger partial charge in [-0.25, -0.2) is 0 Å². The lowest BCUT2D eigenvalue weighted by atomic mass is 10.1. The summed E-state index contributed by atoms with van der Waals surface area (Å²) in [5.74, 6) is 2.57. The minimum Gasteiger partial charge on any atom is -0.493 e. The summed E-state index contributed by atoms with van der Waals surface area (Å²) in [4.78, 5) is 9.21. The van der Waals surface area contributed by atoms with Crippen molar-refractivity contribution in [1.29, 1.82) is 0 Å². The Labute approximate surface area is 207 Å². The first kappa shape index (κ1) is 24.6. The van der Waals surface area contributed by atoms with Crippen molar-refractivity contribution in [2.45, 2.75) is 44.9 Å². The molecule has 2 aliphatic rings. The molecular formula is C23H34IN5O3. The Kier molecular flexibility index (Phi) is 9.46. The summed E-state index contributed by atoms with van der Waals surface area (Å²) in [6.07, 6.45) is 6.62. The van der Waals surface area contributed by atoms with Crippen molar-refractivity contribution in [3.05, 3.63) is 41.8 Å². The van der Waals surface area contributed by atoms with Gasteiger partial charge in [-0.3, -0.25) is 9.89 Å². The lowest BCUT2D eigenvalue weighted by Crippen LogP contribution is -2.52. The quantitative estimate of drug-likeness (QED) is 0.319. The Morgan fingerprint density at radius 2 is 1.97 bits per heavy atom. The van der Waals surface area contributed by atoms with Gasteiger partial charge in [-0.2, -0.15) is 0 Å². The van der Waals surface area contributed by atoms with Crippen molar-refractivity contribution in [2.24, 2.45) is 4.99 Å². The van der Waals surface area contributed by atoms with Gasteiger partial charge in [-0.05, 0) is 31.7 Å². The van der Waals surface area contributed by atoms with Gasteiger partial charge in [0.05, 0.1) is 18.9 Å². The standard InChI is InChI=1S/C23H33N5O3.HI/c1-24-23(28-13-11-27(12-14-28)17-19-10-15-30-26-19)25-16-18-6-5-9-21(29-2)22(18)31-20-7-3-4-8-20;/h5-6,9-10,15,20H,3-4,7-8,11-14,16-17H2,1-2H3,(H,24,25);1H. The van der Waals surface area contributed by atoms with E-state index in [9.17, 15) is 0 Å². The summed E-state index contributed by atoms with van der Waals surface area (Å²) in [7, 11) is 3.54. The van der Waals surface area contributed by atoms with Gasteiger partial charge in [0.15, 0.2) is 17.5 Å². The van der Waals surface area contributed by atoms with Crippen LogP contribution < -0.4 is 14.8 Å². The molecule has 0 radical (unpaired) electrons. The van der Waals surface area contributed by atoms with Crippen LogP contribution in [0.5, 0.6) is 11.5 Å². The van der Waals surface area contributed by atoms with Crippen LogP contribution in [0, 0.1) is 0 Å². The summed E-state index contributed by atoms with van der Waals surface area (Å²) < 4.78 is 16.9. The van der Waals surface area contributed by atoms with Gasteiger partial charge in [-0.1, -0.05) is 17.3 Å². The number of benzene rings is 1. The molecule has 2 fully saturated rings. The van der Waals surface area contributed by atoms with Crippen molar-refractivity contribution in [2.75, 3.05) is 40.3 Å². The Hall–Kier alpha value is -2.01. The number of ether oxygens (including phenoxy) is 2. The maximum Gasteiger partial charge on any atom is 0.194 e. The smallest absolute Gasteiger partial charge is 0.194 e. The van der Waals surface area contributed by atoms with Gasteiger partial charge < -0.3 is 24.2 Å². The van der Waals surface area contributed by atoms with Crippen molar-refractivity contribution >= 4 is 29.9 Å². The predicted octanol–water partition coefficient (Wildman–Crippen LogP) is 3.52. The lowest BCUT2D eigenvalue weighted by Gasteiger charge is -2.36. The number of hydrogen-bond acceptors (Lipinski definition) is 6. The highest BCUT2D eigenvalue weighted by Crippen LogP contribution is 2.34. The molecule has 0 spiro atoms. The summed E-state index contributed by atoms with van der Waals surface area (Å²) in [6.45, 7) is 5.22. The zero-order valence-electron chi connectivity index (χ0n) is 19.0. The highest BCUT2D eigenvalue weighted by atomic mass is 127. The third-order valence-corrected chi connectivity index (χ3v) is 6.06. The Morgan fingerprint density at radius 3 is 2.62 bits per heavy atom. The fraction of sp³-hybridized carbons (Fsp3) is 0.565. The number of rotatable bonds is 7. The zero-order chi connectivity index (χ0) is 21.5. The minimum absolute atomic E-state index is 0. The Bertz CT molecular complexity index is 847. The lowest BCUT2D eigenvalue weighted by molar-refractivity contribution is 0.169. The van der Waals surface area contributed by atoms with E-state index in [1.807, 2.05) is 25.2 Å². The number of hydrogen-bond donors (Lipinski definition) is 1. The molecule has 1 aliphatic carbocycles. The van der Waals surface area contributed by atoms with Crippen LogP contribution in [0.25, 0.3) is 0 Å². The molecule has 1 saturated carbocycles. The molecule has 1 aromatic heterocycles. The van der Waals surface area contributed by atoms with E-state index in [2.05, 4.69) is 31.3 Å². The first-order valence-corrected chi connectivity index (χ1v) is 11.2. The van der Waals surface area contributed by atoms with E-state index in [0.717, 1.165) is 74.3 Å². The van der Waals surface area contributed by atoms with Crippen LogP contribution in [0.2, 0.25) is 0 Å². The molecule has 0 atom stereocenters. The van der Waals surface area contributed by atoms with Gasteiger partial charge in [-0.15, -0.1) is 24.0 Å². The zero-order valence-corrected chi connectivity index (χ0v) is 21.3. The second kappa shape index (κ2) is 12.3. The monoisotopic (exact) mass is 555 g/mol. The topological polar surface area (TPSA) is 75.4 Å². The number of guanidine groups is 1. The molecule has 0 unspecified atom stereocenters. The van der Waals surface area contributed by atoms with Crippen molar-refractivity contribution in [3.8, 4) is 11.5 Å². The van der Waals surface area contributed by atoms with E-state index >= 15 is 0 Å². The summed E-state index contributed by atoms with van der Waals surface area (Å²) in [6, 6.07) is 8.01. The SMILES string of the molecule is CN=C(NCc1cccc(OC)c1OC1CCCC1)N1CCN(Cc2ccon2)CC1.I. The van der Waals surface area contributed by atoms with Crippen molar-refractivity contribution in [3.63, 3.8) is 0 Å². The number of para-hydroxylation sites is 1. The molecular weight excluding hydrogens is 521 g/mol. The summed E-state index contributed by atoms with van der Waals surface area (Å²) in [5, 5.41) is 7.54. The van der Waals surface area contributed by atoms with E-state index in [-0.39, 0.29) is 30.1 Å². The van der Waals surface area contributed by atoms with Crippen LogP contribution in [-0.4, -0.2) is 67.4 Å². The van der Waals surface area contributed by atoms with Crippen LogP contribution in [-0.2, 0) is 13.1 Å². The van der Waals surface area contributed by atoms with Crippen LogP contribution in [0.4, 0.5) is 0 Å². The third kappa shape index (κ3) is 6.28. The Morgan fingerprint density at radius 1 is 1.19 bits per heavy atom. The number of aromatic nitrogens is 1. The number of nitrogens with one attached hydrogen (secondary N) is 1. The molecule has 176 valence electrons. The van der Waals surface area contributed by atoms with Crippen molar-refractivity contribution in [1.82, 2.24) is 20.3 Å². The molecule has 1 saturated heterocycles. The molecule has 1 aliphatic heterocycles. The van der Waals surface area contributed by atoms with E-state index in [1.165, 1.54) is 12.8 Å². The van der Waals surface area contributed by atoms with Crippen LogP contribution in [0.1, 0.15) is 36.9 Å². The molecule has 2 aromatic rings. The first-order chi connectivity index (χ1) is 15.3. The van der Waals surface area contributed by atoms with Crippen LogP contribution in [0.15, 0.2) is 40.0 Å². The normalized spacial score (nSPS) is 17.8. The summed E-state index contributed by atoms with van der Waals surface area (Å²) in [5.41, 5.74) is 2.07. The van der Waals surface area contributed by atoms with Gasteiger partial charge in [0.1, 0.15) is 6.26 Å². The average Bonchev–Trinajstić information content (AvgIpc) is 3.50. The molecule has 4 rings (SSSR count). The van der Waals surface area contributed by atoms with Crippen molar-refractivity contribution < 1.29 is 14.0 Å². The second-order valence-corrected chi connectivity index (χ2v) is 8.13. The van der Waals surface area contributed by atoms with E-state index in [4.69, 9.17) is 14.0 Å². The van der Waals surface area contributed by atoms with E-state index < -0.39 is 0 Å². The Balaban J connectivity index is 0.00000289. The highest BCUT2D eigenvalue weighted by molar-refractivity contribution is 14.0. The fourth-order valence-corrected chi connectivity index (χ4v) is 4.34. The van der Waals surface area contributed by atoms with Gasteiger partial charge in [0.2, 0.25) is 0 Å². The predicted molar refractivity (Wildman–Crippen MR) is 135 cm³/mol. The number of nitrogens with zero attached hydrogens (tertiary/aromatic N) is 4. The maximum absolute atomic E-state index is 6.37. The average molecular weight is 555 g/mol. The fourth-order valence-electron chi connectivity index (χ4n) is 4.34. The van der Waals surface area contributed by atoms with E-state index in [0.29, 0.717) is 6.54 Å². The largest absolute Gasteiger partial charge is 0.493 e. The second-order valence-electron chi connectivity index (χ2n) is 8.13. The molecule has 9 heteroatoms. The number of piperazine rings is 1. The van der Waals surface area contributed by atoms with Crippen LogP contribution in [0.3, 0.4) is 0 Å². The maximum atomic E-state index is 6.37. The van der Waals surface area contributed by atoms with Gasteiger partial charge in [0.25, 0.3) is 0 Å². The number of methoxy groups -OCH3 is 1. The number of aliphatic imine (C=N–C) groups is 1.